The Balaban J connectivity index is 0.00000302. The largest absolute Gasteiger partial charge is 0.475 e. The van der Waals surface area contributed by atoms with E-state index >= 15 is 0 Å². The van der Waals surface area contributed by atoms with Crippen molar-refractivity contribution in [3.05, 3.63) is 65.2 Å². The van der Waals surface area contributed by atoms with E-state index in [0.29, 0.717) is 22.0 Å². The Bertz CT molecular complexity index is 1700. The molecule has 3 aromatic rings. The van der Waals surface area contributed by atoms with Crippen molar-refractivity contribution in [2.75, 3.05) is 31.0 Å². The van der Waals surface area contributed by atoms with Crippen molar-refractivity contribution >= 4 is 22.8 Å². The molecule has 11 heteroatoms. The van der Waals surface area contributed by atoms with Crippen molar-refractivity contribution in [1.82, 2.24) is 19.8 Å². The quantitative estimate of drug-likeness (QED) is 0.278. The van der Waals surface area contributed by atoms with Crippen LogP contribution in [0.2, 0.25) is 0 Å². The highest BCUT2D eigenvalue weighted by molar-refractivity contribution is 7.86. The van der Waals surface area contributed by atoms with Gasteiger partial charge in [0.1, 0.15) is 6.61 Å². The Morgan fingerprint density at radius 3 is 2.33 bits per heavy atom. The second kappa shape index (κ2) is 15.7. The molecule has 3 N–H and O–H groups in total. The number of hydrogen-bond acceptors (Lipinski definition) is 7. The van der Waals surface area contributed by atoms with Crippen LogP contribution in [0.3, 0.4) is 0 Å². The molecule has 2 aliphatic heterocycles. The van der Waals surface area contributed by atoms with Crippen LogP contribution in [-0.4, -0.2) is 85.9 Å². The molecule has 280 valence electrons. The Labute approximate surface area is 308 Å². The lowest BCUT2D eigenvalue weighted by molar-refractivity contribution is -0.0783. The predicted molar refractivity (Wildman–Crippen MR) is 205 cm³/mol. The first-order valence-electron chi connectivity index (χ1n) is 18.3. The fourth-order valence-corrected chi connectivity index (χ4v) is 9.16. The molecule has 2 fully saturated rings. The smallest absolute Gasteiger partial charge is 0.254 e. The van der Waals surface area contributed by atoms with Crippen molar-refractivity contribution in [2.24, 2.45) is 10.8 Å². The molecule has 2 aromatic carbocycles. The predicted octanol–water partition coefficient (Wildman–Crippen LogP) is 7.01. The molecule has 4 bridgehead atoms. The van der Waals surface area contributed by atoms with Crippen LogP contribution >= 0.6 is 0 Å². The van der Waals surface area contributed by atoms with Gasteiger partial charge in [-0.05, 0) is 100 Å². The summed E-state index contributed by atoms with van der Waals surface area (Å²) in [5.74, 6) is 0.565. The summed E-state index contributed by atoms with van der Waals surface area (Å²) in [7, 11) is -1.70. The summed E-state index contributed by atoms with van der Waals surface area (Å²) in [6.07, 6.45) is 5.33. The van der Waals surface area contributed by atoms with E-state index in [-0.39, 0.29) is 60.5 Å². The van der Waals surface area contributed by atoms with Gasteiger partial charge in [0.05, 0.1) is 28.8 Å². The maximum Gasteiger partial charge on any atom is 0.254 e. The molecule has 51 heavy (non-hydrogen) atoms. The number of benzene rings is 2. The van der Waals surface area contributed by atoms with Crippen LogP contribution in [0.15, 0.2) is 53.4 Å². The standard InChI is InChI=1S/C40H55N5O4S.H2O.H2/c1-9-40(16-17-44-23-28(4)49-29(5)24-44)21-31(22-40)45-32(20-39(6,7)8)25-48-35-19-34(36-26(2)12-10-13-27(36)3)41-38(42-35)43-50(47)33-15-11-14-30(18-33)37(45)46;;/h10-15,18-19,28-29,31-32H,9,16-17,20-25H2,1-8H3,(H,41,42,43);1H2;1H/t28-,29+,31?,32-,40?,50?;;/m1../s1. The van der Waals surface area contributed by atoms with Gasteiger partial charge >= 0.3 is 0 Å². The molecule has 1 aliphatic carbocycles. The summed E-state index contributed by atoms with van der Waals surface area (Å²) in [6.45, 7) is 20.6. The number of nitrogens with zero attached hydrogens (tertiary/aromatic N) is 4. The SMILES string of the molecule is CCC1(CCN2C[C@@H](C)O[C@@H](C)C2)CC(N2C(=O)c3cccc(c3)S(=O)Nc3nc(cc(-c4c(C)cccc4C)n3)OC[C@H]2CC(C)(C)C)C1.O.[HH]. The summed E-state index contributed by atoms with van der Waals surface area (Å²) >= 11 is 0. The minimum atomic E-state index is -1.70. The maximum atomic E-state index is 14.7. The summed E-state index contributed by atoms with van der Waals surface area (Å²) in [6, 6.07) is 15.1. The molecule has 10 nitrogen and oxygen atoms in total. The van der Waals surface area contributed by atoms with Gasteiger partial charge < -0.3 is 19.8 Å². The molecule has 0 radical (unpaired) electrons. The van der Waals surface area contributed by atoms with Crippen LogP contribution in [0.4, 0.5) is 5.95 Å². The molecular formula is C40H59N5O5S. The number of nitrogens with one attached hydrogen (secondary N) is 1. The molecule has 3 heterocycles. The first kappa shape index (κ1) is 38.8. The van der Waals surface area contributed by atoms with Crippen LogP contribution in [-0.2, 0) is 15.7 Å². The number of anilines is 1. The number of hydrogen-bond donors (Lipinski definition) is 1. The number of carbonyl (C=O) groups excluding carboxylic acids is 1. The van der Waals surface area contributed by atoms with E-state index in [4.69, 9.17) is 14.5 Å². The van der Waals surface area contributed by atoms with Gasteiger partial charge in [0.2, 0.25) is 11.8 Å². The minimum absolute atomic E-state index is 0. The molecule has 1 saturated heterocycles. The van der Waals surface area contributed by atoms with Crippen molar-refractivity contribution in [3.63, 3.8) is 0 Å². The molecule has 1 saturated carbocycles. The van der Waals surface area contributed by atoms with Gasteiger partial charge in [-0.2, -0.15) is 4.98 Å². The van der Waals surface area contributed by atoms with Crippen molar-refractivity contribution in [2.45, 2.75) is 117 Å². The van der Waals surface area contributed by atoms with Crippen LogP contribution in [0.1, 0.15) is 96.6 Å². The number of rotatable bonds is 7. The molecule has 1 amide bonds. The van der Waals surface area contributed by atoms with E-state index in [0.717, 1.165) is 68.4 Å². The highest BCUT2D eigenvalue weighted by Gasteiger charge is 2.49. The third kappa shape index (κ3) is 8.99. The van der Waals surface area contributed by atoms with Crippen LogP contribution in [0.25, 0.3) is 11.3 Å². The Kier molecular flexibility index (Phi) is 12.0. The summed E-state index contributed by atoms with van der Waals surface area (Å²) in [5, 5.41) is 0. The number of morpholine rings is 1. The lowest BCUT2D eigenvalue weighted by Crippen LogP contribution is -2.59. The van der Waals surface area contributed by atoms with Gasteiger partial charge in [0, 0.05) is 37.8 Å². The second-order valence-electron chi connectivity index (χ2n) is 16.2. The lowest BCUT2D eigenvalue weighted by atomic mass is 9.61. The van der Waals surface area contributed by atoms with E-state index in [1.807, 2.05) is 24.3 Å². The van der Waals surface area contributed by atoms with Gasteiger partial charge in [-0.25, -0.2) is 9.19 Å². The summed E-state index contributed by atoms with van der Waals surface area (Å²) < 4.78 is 29.3. The van der Waals surface area contributed by atoms with Gasteiger partial charge in [-0.1, -0.05) is 58.4 Å². The highest BCUT2D eigenvalue weighted by atomic mass is 32.2. The van der Waals surface area contributed by atoms with Gasteiger partial charge in [0.25, 0.3) is 5.91 Å². The Morgan fingerprint density at radius 1 is 1.02 bits per heavy atom. The lowest BCUT2D eigenvalue weighted by Gasteiger charge is -2.54. The fourth-order valence-electron chi connectivity index (χ4n) is 8.35. The van der Waals surface area contributed by atoms with Gasteiger partial charge in [0.15, 0.2) is 11.0 Å². The van der Waals surface area contributed by atoms with E-state index in [9.17, 15) is 9.00 Å². The summed E-state index contributed by atoms with van der Waals surface area (Å²) in [4.78, 5) is 29.4. The average Bonchev–Trinajstić information content (AvgIpc) is 3.03. The van der Waals surface area contributed by atoms with Crippen molar-refractivity contribution in [1.29, 1.82) is 0 Å². The van der Waals surface area contributed by atoms with E-state index < -0.39 is 11.0 Å². The Morgan fingerprint density at radius 2 is 1.69 bits per heavy atom. The maximum absolute atomic E-state index is 14.7. The first-order valence-corrected chi connectivity index (χ1v) is 19.4. The minimum Gasteiger partial charge on any atom is -0.475 e. The number of amides is 1. The normalized spacial score (nSPS) is 27.1. The zero-order valence-corrected chi connectivity index (χ0v) is 32.4. The van der Waals surface area contributed by atoms with Crippen LogP contribution in [0, 0.1) is 24.7 Å². The second-order valence-corrected chi connectivity index (χ2v) is 17.4. The molecule has 1 unspecified atom stereocenters. The Hall–Kier alpha value is -3.38. The number of ether oxygens (including phenoxy) is 2. The van der Waals surface area contributed by atoms with Crippen molar-refractivity contribution < 1.29 is 25.4 Å². The number of carbonyl (C=O) groups is 1. The van der Waals surface area contributed by atoms with Gasteiger partial charge in [-0.3, -0.25) is 14.4 Å². The molecular weight excluding hydrogens is 663 g/mol. The topological polar surface area (TPSA) is 128 Å². The molecule has 6 rings (SSSR count). The molecule has 4 atom stereocenters. The van der Waals surface area contributed by atoms with Crippen LogP contribution < -0.4 is 9.46 Å². The van der Waals surface area contributed by atoms with E-state index in [1.54, 1.807) is 12.1 Å². The van der Waals surface area contributed by atoms with E-state index in [1.165, 1.54) is 0 Å². The third-order valence-electron chi connectivity index (χ3n) is 10.8. The highest BCUT2D eigenvalue weighted by Crippen LogP contribution is 2.50. The molecule has 1 aromatic heterocycles. The molecule has 0 spiro atoms. The van der Waals surface area contributed by atoms with Gasteiger partial charge in [-0.15, -0.1) is 0 Å². The molecule has 3 aliphatic rings. The fraction of sp³-hybridized carbons (Fsp3) is 0.575. The zero-order chi connectivity index (χ0) is 35.8. The number of aryl methyl sites for hydroxylation is 2. The number of aromatic nitrogens is 2. The summed E-state index contributed by atoms with van der Waals surface area (Å²) in [5.41, 5.74) is 4.50. The van der Waals surface area contributed by atoms with E-state index in [2.05, 4.69) is 87.0 Å². The average molecular weight is 722 g/mol. The number of fused-ring (bicyclic) bond motifs is 4. The van der Waals surface area contributed by atoms with Crippen molar-refractivity contribution in [3.8, 4) is 17.1 Å². The third-order valence-corrected chi connectivity index (χ3v) is 11.8. The monoisotopic (exact) mass is 721 g/mol. The first-order chi connectivity index (χ1) is 23.7. The van der Waals surface area contributed by atoms with Crippen LogP contribution in [0.5, 0.6) is 5.88 Å². The zero-order valence-electron chi connectivity index (χ0n) is 31.6.